The van der Waals surface area contributed by atoms with Gasteiger partial charge in [0.1, 0.15) is 5.75 Å². The molecule has 0 aliphatic carbocycles. The van der Waals surface area contributed by atoms with Gasteiger partial charge in [-0.3, -0.25) is 15.0 Å². The third kappa shape index (κ3) is 3.18. The molecule has 0 fully saturated rings. The number of primary amides is 1. The Hall–Kier alpha value is -2.08. The van der Waals surface area contributed by atoms with Gasteiger partial charge in [-0.1, -0.05) is 0 Å². The first kappa shape index (κ1) is 13.0. The van der Waals surface area contributed by atoms with Gasteiger partial charge in [-0.15, -0.1) is 0 Å². The highest BCUT2D eigenvalue weighted by molar-refractivity contribution is 5.93. The number of carbonyl (C=O) groups excluding carboxylic acids is 2. The maximum Gasteiger partial charge on any atom is 0.271 e. The summed E-state index contributed by atoms with van der Waals surface area (Å²) < 4.78 is 5.31. The number of rotatable bonds is 4. The van der Waals surface area contributed by atoms with Crippen LogP contribution >= 0.6 is 0 Å². The second-order valence-corrected chi connectivity index (χ2v) is 3.66. The van der Waals surface area contributed by atoms with Crippen LogP contribution in [0.5, 0.6) is 5.75 Å². The molecule has 0 unspecified atom stereocenters. The zero-order chi connectivity index (χ0) is 13.0. The number of carbonyl (C=O) groups is 2. The van der Waals surface area contributed by atoms with E-state index in [0.717, 1.165) is 11.1 Å². The van der Waals surface area contributed by atoms with Gasteiger partial charge in [-0.2, -0.15) is 0 Å². The number of ether oxygens (including phenoxy) is 1. The Morgan fingerprint density at radius 2 is 1.82 bits per heavy atom. The lowest BCUT2D eigenvalue weighted by Crippen LogP contribution is -2.34. The third-order valence-electron chi connectivity index (χ3n) is 2.25. The summed E-state index contributed by atoms with van der Waals surface area (Å²) >= 11 is 0. The van der Waals surface area contributed by atoms with E-state index in [-0.39, 0.29) is 6.61 Å². The van der Waals surface area contributed by atoms with Gasteiger partial charge in [0, 0.05) is 5.56 Å². The molecule has 6 nitrogen and oxygen atoms in total. The first-order valence-corrected chi connectivity index (χ1v) is 4.99. The molecule has 17 heavy (non-hydrogen) atoms. The van der Waals surface area contributed by atoms with Crippen molar-refractivity contribution in [1.29, 1.82) is 0 Å². The highest BCUT2D eigenvalue weighted by atomic mass is 16.5. The minimum atomic E-state index is -0.498. The summed E-state index contributed by atoms with van der Waals surface area (Å²) in [6, 6.07) is 3.23. The predicted molar refractivity (Wildman–Crippen MR) is 62.3 cm³/mol. The molecule has 1 aromatic rings. The largest absolute Gasteiger partial charge is 0.483 e. The first-order valence-electron chi connectivity index (χ1n) is 4.99. The van der Waals surface area contributed by atoms with E-state index >= 15 is 0 Å². The molecule has 0 radical (unpaired) electrons. The molecule has 6 heteroatoms. The summed E-state index contributed by atoms with van der Waals surface area (Å²) in [6.45, 7) is 3.37. The number of hydrazine groups is 1. The van der Waals surface area contributed by atoms with E-state index in [0.29, 0.717) is 11.3 Å². The van der Waals surface area contributed by atoms with Crippen LogP contribution in [0.25, 0.3) is 0 Å². The fourth-order valence-electron chi connectivity index (χ4n) is 1.50. The van der Waals surface area contributed by atoms with Crippen molar-refractivity contribution < 1.29 is 14.3 Å². The van der Waals surface area contributed by atoms with E-state index in [2.05, 4.69) is 0 Å². The van der Waals surface area contributed by atoms with Crippen LogP contribution in [0.4, 0.5) is 0 Å². The van der Waals surface area contributed by atoms with Crippen LogP contribution in [-0.2, 0) is 4.79 Å². The molecule has 0 saturated carbocycles. The van der Waals surface area contributed by atoms with Gasteiger partial charge < -0.3 is 10.5 Å². The molecule has 0 aliphatic rings. The molecule has 2 amide bonds. The highest BCUT2D eigenvalue weighted by Crippen LogP contribution is 2.24. The summed E-state index contributed by atoms with van der Waals surface area (Å²) in [4.78, 5) is 22.0. The molecular formula is C11H15N3O3. The molecule has 0 aromatic heterocycles. The number of nitrogens with one attached hydrogen (secondary N) is 1. The van der Waals surface area contributed by atoms with E-state index in [9.17, 15) is 9.59 Å². The molecule has 0 spiro atoms. The van der Waals surface area contributed by atoms with Crippen LogP contribution in [0.2, 0.25) is 0 Å². The number of aryl methyl sites for hydroxylation is 2. The Bertz CT molecular complexity index is 434. The van der Waals surface area contributed by atoms with Gasteiger partial charge in [-0.05, 0) is 37.1 Å². The van der Waals surface area contributed by atoms with Crippen molar-refractivity contribution in [2.24, 2.45) is 11.6 Å². The van der Waals surface area contributed by atoms with Crippen molar-refractivity contribution >= 4 is 11.8 Å². The first-order chi connectivity index (χ1) is 7.95. The lowest BCUT2D eigenvalue weighted by Gasteiger charge is -2.12. The SMILES string of the molecule is Cc1cc(C(N)=O)cc(C)c1OCC(=O)NN. The number of hydrogen-bond acceptors (Lipinski definition) is 4. The molecule has 92 valence electrons. The minimum absolute atomic E-state index is 0.173. The Morgan fingerprint density at radius 1 is 1.29 bits per heavy atom. The van der Waals surface area contributed by atoms with Crippen molar-refractivity contribution in [3.8, 4) is 5.75 Å². The molecule has 5 N–H and O–H groups in total. The maximum atomic E-state index is 11.0. The molecule has 0 atom stereocenters. The van der Waals surface area contributed by atoms with Crippen molar-refractivity contribution in [2.75, 3.05) is 6.61 Å². The van der Waals surface area contributed by atoms with Crippen molar-refractivity contribution in [2.45, 2.75) is 13.8 Å². The fourth-order valence-corrected chi connectivity index (χ4v) is 1.50. The van der Waals surface area contributed by atoms with Crippen LogP contribution in [0.1, 0.15) is 21.5 Å². The number of amides is 2. The van der Waals surface area contributed by atoms with Gasteiger partial charge in [0.25, 0.3) is 5.91 Å². The lowest BCUT2D eigenvalue weighted by atomic mass is 10.1. The molecule has 1 aromatic carbocycles. The van der Waals surface area contributed by atoms with Gasteiger partial charge in [0.2, 0.25) is 5.91 Å². The van der Waals surface area contributed by atoms with Crippen molar-refractivity contribution in [3.63, 3.8) is 0 Å². The summed E-state index contributed by atoms with van der Waals surface area (Å²) in [5.74, 6) is 4.56. The van der Waals surface area contributed by atoms with Crippen molar-refractivity contribution in [3.05, 3.63) is 28.8 Å². The molecule has 0 heterocycles. The van der Waals surface area contributed by atoms with E-state index in [4.69, 9.17) is 16.3 Å². The standard InChI is InChI=1S/C11H15N3O3/c1-6-3-8(11(12)16)4-7(2)10(6)17-5-9(15)14-13/h3-4H,5,13H2,1-2H3,(H2,12,16)(H,14,15). The molecule has 0 saturated heterocycles. The number of benzene rings is 1. The van der Waals surface area contributed by atoms with Crippen LogP contribution in [0.15, 0.2) is 12.1 Å². The zero-order valence-electron chi connectivity index (χ0n) is 9.74. The summed E-state index contributed by atoms with van der Waals surface area (Å²) in [5.41, 5.74) is 9.04. The van der Waals surface area contributed by atoms with Gasteiger partial charge in [0.05, 0.1) is 0 Å². The van der Waals surface area contributed by atoms with Crippen molar-refractivity contribution in [1.82, 2.24) is 5.43 Å². The van der Waals surface area contributed by atoms with E-state index in [1.807, 2.05) is 5.43 Å². The molecule has 1 rings (SSSR count). The smallest absolute Gasteiger partial charge is 0.271 e. The quantitative estimate of drug-likeness (QED) is 0.382. The van der Waals surface area contributed by atoms with E-state index < -0.39 is 11.8 Å². The normalized spacial score (nSPS) is 9.82. The topological polar surface area (TPSA) is 107 Å². The van der Waals surface area contributed by atoms with Crippen LogP contribution in [0.3, 0.4) is 0 Å². The summed E-state index contributed by atoms with van der Waals surface area (Å²) in [5, 5.41) is 0. The number of nitrogens with two attached hydrogens (primary N) is 2. The Morgan fingerprint density at radius 3 is 2.24 bits per heavy atom. The summed E-state index contributed by atoms with van der Waals surface area (Å²) in [6.07, 6.45) is 0. The van der Waals surface area contributed by atoms with Crippen LogP contribution in [0, 0.1) is 13.8 Å². The minimum Gasteiger partial charge on any atom is -0.483 e. The fraction of sp³-hybridized carbons (Fsp3) is 0.273. The summed E-state index contributed by atoms with van der Waals surface area (Å²) in [7, 11) is 0. The van der Waals surface area contributed by atoms with Crippen LogP contribution < -0.4 is 21.7 Å². The average molecular weight is 237 g/mol. The van der Waals surface area contributed by atoms with E-state index in [1.165, 1.54) is 0 Å². The molecule has 0 bridgehead atoms. The second kappa shape index (κ2) is 5.31. The molecule has 0 aliphatic heterocycles. The highest BCUT2D eigenvalue weighted by Gasteiger charge is 2.10. The van der Waals surface area contributed by atoms with E-state index in [1.54, 1.807) is 26.0 Å². The molecular weight excluding hydrogens is 222 g/mol. The zero-order valence-corrected chi connectivity index (χ0v) is 9.74. The Labute approximate surface area is 98.9 Å². The Balaban J connectivity index is 2.94. The predicted octanol–water partition coefficient (Wildman–Crippen LogP) is -0.229. The van der Waals surface area contributed by atoms with Crippen LogP contribution in [-0.4, -0.2) is 18.4 Å². The van der Waals surface area contributed by atoms with Gasteiger partial charge in [0.15, 0.2) is 6.61 Å². The second-order valence-electron chi connectivity index (χ2n) is 3.66. The maximum absolute atomic E-state index is 11.0. The monoisotopic (exact) mass is 237 g/mol. The third-order valence-corrected chi connectivity index (χ3v) is 2.25. The Kier molecular flexibility index (Phi) is 4.06. The lowest BCUT2D eigenvalue weighted by molar-refractivity contribution is -0.123. The van der Waals surface area contributed by atoms with Gasteiger partial charge in [-0.25, -0.2) is 5.84 Å². The number of hydrogen-bond donors (Lipinski definition) is 3. The van der Waals surface area contributed by atoms with Gasteiger partial charge >= 0.3 is 0 Å². The average Bonchev–Trinajstić information content (AvgIpc) is 2.27.